The van der Waals surface area contributed by atoms with E-state index in [1.807, 2.05) is 0 Å². The SMILES string of the molecule is C[Si](C)(C)c1ccc(N(c2ccc(-c3ccc(N(c4ccc([Si](C)(C)C)cc4)c4ccc5ccccc5c4)cc3-c3ccccc3)c(-c3ccccc3)c2)c2ccc3ccccc3c2)cc1. The van der Waals surface area contributed by atoms with Gasteiger partial charge in [0.1, 0.15) is 0 Å². The van der Waals surface area contributed by atoms with Crippen LogP contribution < -0.4 is 20.2 Å². The van der Waals surface area contributed by atoms with Crippen molar-refractivity contribution in [2.75, 3.05) is 9.80 Å². The summed E-state index contributed by atoms with van der Waals surface area (Å²) in [6.07, 6.45) is 0. The highest BCUT2D eigenvalue weighted by Gasteiger charge is 2.23. The lowest BCUT2D eigenvalue weighted by molar-refractivity contribution is 1.29. The average molecular weight is 885 g/mol. The Bertz CT molecular complexity index is 3090. The number of anilines is 6. The van der Waals surface area contributed by atoms with Gasteiger partial charge in [-0.25, -0.2) is 0 Å². The lowest BCUT2D eigenvalue weighted by Gasteiger charge is -2.29. The zero-order chi connectivity index (χ0) is 45.4. The molecule has 0 N–H and O–H groups in total. The third-order valence-corrected chi connectivity index (χ3v) is 17.1. The Balaban J connectivity index is 1.17. The molecule has 0 atom stereocenters. The van der Waals surface area contributed by atoms with Crippen LogP contribution in [0.5, 0.6) is 0 Å². The van der Waals surface area contributed by atoms with Gasteiger partial charge in [0.25, 0.3) is 0 Å². The zero-order valence-electron chi connectivity index (χ0n) is 38.8. The minimum atomic E-state index is -1.51. The second-order valence-corrected chi connectivity index (χ2v) is 29.7. The molecular formula is C62H56N2Si2. The maximum atomic E-state index is 2.42. The van der Waals surface area contributed by atoms with E-state index in [1.165, 1.54) is 65.3 Å². The molecule has 4 heteroatoms. The van der Waals surface area contributed by atoms with Crippen molar-refractivity contribution in [1.82, 2.24) is 0 Å². The molecule has 0 aliphatic carbocycles. The van der Waals surface area contributed by atoms with Crippen LogP contribution in [0.15, 0.2) is 231 Å². The van der Waals surface area contributed by atoms with Crippen molar-refractivity contribution >= 4 is 82.2 Å². The molecular weight excluding hydrogens is 829 g/mol. The van der Waals surface area contributed by atoms with E-state index in [9.17, 15) is 0 Å². The van der Waals surface area contributed by atoms with Gasteiger partial charge in [0.2, 0.25) is 0 Å². The van der Waals surface area contributed by atoms with E-state index in [-0.39, 0.29) is 0 Å². The molecule has 66 heavy (non-hydrogen) atoms. The Labute approximate surface area is 393 Å². The zero-order valence-corrected chi connectivity index (χ0v) is 40.8. The van der Waals surface area contributed by atoms with Gasteiger partial charge in [-0.05, 0) is 128 Å². The summed E-state index contributed by atoms with van der Waals surface area (Å²) in [5.41, 5.74) is 13.8. The molecule has 0 aliphatic rings. The van der Waals surface area contributed by atoms with Crippen LogP contribution in [-0.2, 0) is 0 Å². The minimum absolute atomic E-state index is 1.11. The minimum Gasteiger partial charge on any atom is -0.310 e. The first kappa shape index (κ1) is 42.7. The predicted molar refractivity (Wildman–Crippen MR) is 293 cm³/mol. The third kappa shape index (κ3) is 8.66. The first-order valence-corrected chi connectivity index (χ1v) is 30.2. The van der Waals surface area contributed by atoms with Crippen LogP contribution in [0, 0.1) is 0 Å². The number of nitrogens with zero attached hydrogens (tertiary/aromatic N) is 2. The molecule has 0 radical (unpaired) electrons. The molecule has 0 saturated carbocycles. The molecule has 0 heterocycles. The average Bonchev–Trinajstić information content (AvgIpc) is 3.34. The summed E-state index contributed by atoms with van der Waals surface area (Å²) in [4.78, 5) is 4.85. The summed E-state index contributed by atoms with van der Waals surface area (Å²) < 4.78 is 0. The number of benzene rings is 10. The van der Waals surface area contributed by atoms with Gasteiger partial charge < -0.3 is 9.80 Å². The van der Waals surface area contributed by atoms with E-state index in [2.05, 4.69) is 280 Å². The van der Waals surface area contributed by atoms with Gasteiger partial charge >= 0.3 is 0 Å². The largest absolute Gasteiger partial charge is 0.310 e. The Kier molecular flexibility index (Phi) is 11.4. The summed E-state index contributed by atoms with van der Waals surface area (Å²) >= 11 is 0. The molecule has 0 amide bonds. The fraction of sp³-hybridized carbons (Fsp3) is 0.0968. The van der Waals surface area contributed by atoms with Gasteiger partial charge in [0.05, 0.1) is 16.1 Å². The Morgan fingerprint density at radius 1 is 0.242 bits per heavy atom. The summed E-state index contributed by atoms with van der Waals surface area (Å²) in [7, 11) is -3.02. The molecule has 0 spiro atoms. The van der Waals surface area contributed by atoms with Gasteiger partial charge in [0, 0.05) is 34.1 Å². The second kappa shape index (κ2) is 17.6. The molecule has 0 unspecified atom stereocenters. The highest BCUT2D eigenvalue weighted by atomic mass is 28.3. The maximum Gasteiger partial charge on any atom is 0.0775 e. The molecule has 10 rings (SSSR count). The molecule has 0 aromatic heterocycles. The first-order valence-electron chi connectivity index (χ1n) is 23.2. The van der Waals surface area contributed by atoms with E-state index >= 15 is 0 Å². The van der Waals surface area contributed by atoms with E-state index in [1.54, 1.807) is 0 Å². The van der Waals surface area contributed by atoms with E-state index in [0.717, 1.165) is 34.1 Å². The number of fused-ring (bicyclic) bond motifs is 2. The van der Waals surface area contributed by atoms with Crippen molar-refractivity contribution in [2.45, 2.75) is 39.3 Å². The Morgan fingerprint density at radius 3 is 0.909 bits per heavy atom. The van der Waals surface area contributed by atoms with Crippen molar-refractivity contribution in [3.8, 4) is 33.4 Å². The van der Waals surface area contributed by atoms with Crippen LogP contribution in [0.3, 0.4) is 0 Å². The lowest BCUT2D eigenvalue weighted by atomic mass is 9.88. The first-order chi connectivity index (χ1) is 32.0. The summed E-state index contributed by atoms with van der Waals surface area (Å²) in [5.74, 6) is 0. The summed E-state index contributed by atoms with van der Waals surface area (Å²) in [6.45, 7) is 14.5. The molecule has 2 nitrogen and oxygen atoms in total. The fourth-order valence-electron chi connectivity index (χ4n) is 9.27. The monoisotopic (exact) mass is 884 g/mol. The van der Waals surface area contributed by atoms with E-state index in [0.29, 0.717) is 0 Å². The smallest absolute Gasteiger partial charge is 0.0775 e. The standard InChI is InChI=1S/C62H56N2Si2/c1-65(2,3)57-35-29-51(30-36-57)63(53-27-25-45-17-13-15-23-49(45)41-53)55-33-39-59(61(43-55)47-19-9-7-10-20-47)60-40-34-56(44-62(60)48-21-11-8-12-22-48)64(52-31-37-58(38-32-52)66(4,5)6)54-28-26-46-18-14-16-24-50(46)42-54/h7-44H,1-6H3. The fourth-order valence-corrected chi connectivity index (χ4v) is 11.6. The van der Waals surface area contributed by atoms with Crippen molar-refractivity contribution in [1.29, 1.82) is 0 Å². The Morgan fingerprint density at radius 2 is 0.545 bits per heavy atom. The molecule has 0 saturated heterocycles. The normalized spacial score (nSPS) is 11.8. The second-order valence-electron chi connectivity index (χ2n) is 19.5. The van der Waals surface area contributed by atoms with Crippen molar-refractivity contribution in [3.63, 3.8) is 0 Å². The molecule has 0 fully saturated rings. The van der Waals surface area contributed by atoms with Crippen LogP contribution in [0.1, 0.15) is 0 Å². The van der Waals surface area contributed by atoms with Crippen LogP contribution in [0.25, 0.3) is 54.9 Å². The molecule has 10 aromatic rings. The molecule has 0 aliphatic heterocycles. The van der Waals surface area contributed by atoms with Crippen molar-refractivity contribution in [2.24, 2.45) is 0 Å². The highest BCUT2D eigenvalue weighted by molar-refractivity contribution is 6.89. The summed E-state index contributed by atoms with van der Waals surface area (Å²) in [6, 6.07) is 85.5. The molecule has 322 valence electrons. The lowest BCUT2D eigenvalue weighted by Crippen LogP contribution is -2.37. The van der Waals surface area contributed by atoms with Gasteiger partial charge in [0.15, 0.2) is 0 Å². The van der Waals surface area contributed by atoms with Gasteiger partial charge in [-0.2, -0.15) is 0 Å². The van der Waals surface area contributed by atoms with Crippen molar-refractivity contribution < 1.29 is 0 Å². The number of hydrogen-bond donors (Lipinski definition) is 0. The Hall–Kier alpha value is -7.25. The summed E-state index contributed by atoms with van der Waals surface area (Å²) in [5, 5.41) is 7.80. The van der Waals surface area contributed by atoms with Gasteiger partial charge in [-0.1, -0.05) is 207 Å². The topological polar surface area (TPSA) is 6.48 Å². The number of rotatable bonds is 11. The van der Waals surface area contributed by atoms with Gasteiger partial charge in [-0.3, -0.25) is 0 Å². The van der Waals surface area contributed by atoms with E-state index < -0.39 is 16.1 Å². The van der Waals surface area contributed by atoms with Crippen molar-refractivity contribution in [3.05, 3.63) is 231 Å². The van der Waals surface area contributed by atoms with Crippen LogP contribution in [-0.4, -0.2) is 16.1 Å². The quantitative estimate of drug-likeness (QED) is 0.119. The maximum absolute atomic E-state index is 2.42. The number of hydrogen-bond acceptors (Lipinski definition) is 2. The van der Waals surface area contributed by atoms with E-state index in [4.69, 9.17) is 0 Å². The van der Waals surface area contributed by atoms with Gasteiger partial charge in [-0.15, -0.1) is 0 Å². The molecule has 0 bridgehead atoms. The van der Waals surface area contributed by atoms with Crippen LogP contribution >= 0.6 is 0 Å². The molecule has 10 aromatic carbocycles. The van der Waals surface area contributed by atoms with Crippen LogP contribution in [0.2, 0.25) is 39.3 Å². The highest BCUT2D eigenvalue weighted by Crippen LogP contribution is 2.46. The predicted octanol–water partition coefficient (Wildman–Crippen LogP) is 17.0. The third-order valence-electron chi connectivity index (χ3n) is 12.9. The van der Waals surface area contributed by atoms with Crippen LogP contribution in [0.4, 0.5) is 34.1 Å².